The molecule has 0 radical (unpaired) electrons. The van der Waals surface area contributed by atoms with Gasteiger partial charge in [-0.05, 0) is 29.8 Å². The number of amides is 1. The van der Waals surface area contributed by atoms with Gasteiger partial charge < -0.3 is 14.5 Å². The van der Waals surface area contributed by atoms with E-state index in [1.54, 1.807) is 36.4 Å². The summed E-state index contributed by atoms with van der Waals surface area (Å²) in [6, 6.07) is 9.95. The maximum Gasteiger partial charge on any atom is 0.287 e. The van der Waals surface area contributed by atoms with E-state index in [0.717, 1.165) is 17.7 Å². The Morgan fingerprint density at radius 3 is 2.42 bits per heavy atom. The number of nitrogens with one attached hydrogen (secondary N) is 1. The van der Waals surface area contributed by atoms with Crippen molar-refractivity contribution in [2.75, 3.05) is 26.3 Å². The van der Waals surface area contributed by atoms with Gasteiger partial charge in [-0.25, -0.2) is 8.42 Å². The van der Waals surface area contributed by atoms with Crippen LogP contribution in [-0.4, -0.2) is 44.9 Å². The monoisotopic (exact) mass is 378 g/mol. The summed E-state index contributed by atoms with van der Waals surface area (Å²) in [5.74, 6) is 0.732. The zero-order chi connectivity index (χ0) is 18.6. The van der Waals surface area contributed by atoms with Crippen LogP contribution in [0.1, 0.15) is 28.8 Å². The van der Waals surface area contributed by atoms with Crippen LogP contribution in [0, 0.1) is 0 Å². The molecule has 1 amide bonds. The first-order chi connectivity index (χ1) is 12.5. The molecule has 0 aliphatic carbocycles. The number of morpholine rings is 1. The van der Waals surface area contributed by atoms with E-state index in [4.69, 9.17) is 9.15 Å². The number of rotatable bonds is 6. The molecule has 2 aromatic rings. The van der Waals surface area contributed by atoms with Gasteiger partial charge in [0.05, 0.1) is 18.1 Å². The molecular formula is C18H22N2O5S. The quantitative estimate of drug-likeness (QED) is 0.828. The molecule has 1 saturated heterocycles. The lowest BCUT2D eigenvalue weighted by Gasteiger charge is -2.26. The molecule has 2 heterocycles. The van der Waals surface area contributed by atoms with Crippen molar-refractivity contribution in [3.8, 4) is 0 Å². The molecule has 0 atom stereocenters. The molecule has 1 aromatic carbocycles. The second-order valence-corrected chi connectivity index (χ2v) is 7.90. The van der Waals surface area contributed by atoms with Gasteiger partial charge in [0, 0.05) is 26.1 Å². The van der Waals surface area contributed by atoms with Crippen molar-refractivity contribution in [3.63, 3.8) is 0 Å². The first-order valence-electron chi connectivity index (χ1n) is 8.54. The number of hydrogen-bond acceptors (Lipinski definition) is 5. The number of furan rings is 1. The van der Waals surface area contributed by atoms with Gasteiger partial charge in [0.2, 0.25) is 10.0 Å². The van der Waals surface area contributed by atoms with Crippen molar-refractivity contribution in [3.05, 3.63) is 53.5 Å². The maximum absolute atomic E-state index is 12.6. The van der Waals surface area contributed by atoms with E-state index in [1.807, 2.05) is 6.92 Å². The van der Waals surface area contributed by atoms with Crippen molar-refractivity contribution in [2.24, 2.45) is 0 Å². The number of benzene rings is 1. The summed E-state index contributed by atoms with van der Waals surface area (Å²) in [6.45, 7) is 3.80. The Hall–Kier alpha value is -2.16. The second-order valence-electron chi connectivity index (χ2n) is 5.96. The maximum atomic E-state index is 12.6. The topological polar surface area (TPSA) is 88.9 Å². The number of nitrogens with zero attached hydrogens (tertiary/aromatic N) is 1. The van der Waals surface area contributed by atoms with Gasteiger partial charge >= 0.3 is 0 Å². The van der Waals surface area contributed by atoms with Gasteiger partial charge in [-0.1, -0.05) is 19.1 Å². The number of carbonyl (C=O) groups is 1. The second kappa shape index (κ2) is 8.03. The summed E-state index contributed by atoms with van der Waals surface area (Å²) in [7, 11) is -3.50. The normalized spacial score (nSPS) is 15.7. The molecule has 7 nitrogen and oxygen atoms in total. The molecule has 26 heavy (non-hydrogen) atoms. The average Bonchev–Trinajstić information content (AvgIpc) is 3.16. The summed E-state index contributed by atoms with van der Waals surface area (Å²) in [5, 5.41) is 2.77. The molecule has 0 unspecified atom stereocenters. The number of hydrogen-bond donors (Lipinski definition) is 1. The predicted molar refractivity (Wildman–Crippen MR) is 95.3 cm³/mol. The molecule has 0 saturated carbocycles. The van der Waals surface area contributed by atoms with Crippen LogP contribution in [0.5, 0.6) is 0 Å². The highest BCUT2D eigenvalue weighted by atomic mass is 32.2. The van der Waals surface area contributed by atoms with Crippen molar-refractivity contribution in [2.45, 2.75) is 24.8 Å². The first kappa shape index (κ1) is 18.6. The van der Waals surface area contributed by atoms with E-state index >= 15 is 0 Å². The molecule has 0 spiro atoms. The Kier molecular flexibility index (Phi) is 5.75. The molecule has 3 rings (SSSR count). The van der Waals surface area contributed by atoms with E-state index in [0.29, 0.717) is 32.8 Å². The summed E-state index contributed by atoms with van der Waals surface area (Å²) in [6.07, 6.45) is 0.729. The fourth-order valence-corrected chi connectivity index (χ4v) is 4.08. The van der Waals surface area contributed by atoms with E-state index < -0.39 is 10.0 Å². The van der Waals surface area contributed by atoms with Crippen LogP contribution in [-0.2, 0) is 27.7 Å². The Bertz CT molecular complexity index is 852. The number of aryl methyl sites for hydroxylation is 1. The van der Waals surface area contributed by atoms with Crippen molar-refractivity contribution in [1.82, 2.24) is 9.62 Å². The summed E-state index contributed by atoms with van der Waals surface area (Å²) in [4.78, 5) is 12.3. The molecule has 1 aliphatic rings. The largest absolute Gasteiger partial charge is 0.456 e. The predicted octanol–water partition coefficient (Wildman–Crippen LogP) is 1.79. The number of sulfonamides is 1. The van der Waals surface area contributed by atoms with Gasteiger partial charge in [0.1, 0.15) is 5.76 Å². The minimum absolute atomic E-state index is 0.244. The molecule has 1 N–H and O–H groups in total. The minimum Gasteiger partial charge on any atom is -0.456 e. The van der Waals surface area contributed by atoms with Crippen molar-refractivity contribution >= 4 is 15.9 Å². The van der Waals surface area contributed by atoms with E-state index in [9.17, 15) is 13.2 Å². The Morgan fingerprint density at radius 2 is 1.81 bits per heavy atom. The van der Waals surface area contributed by atoms with Gasteiger partial charge in [0.15, 0.2) is 5.76 Å². The smallest absolute Gasteiger partial charge is 0.287 e. The first-order valence-corrected chi connectivity index (χ1v) is 9.98. The molecule has 1 aliphatic heterocycles. The minimum atomic E-state index is -3.50. The van der Waals surface area contributed by atoms with Crippen LogP contribution >= 0.6 is 0 Å². The lowest BCUT2D eigenvalue weighted by atomic mass is 10.2. The zero-order valence-corrected chi connectivity index (χ0v) is 15.4. The number of carbonyl (C=O) groups excluding carboxylic acids is 1. The summed E-state index contributed by atoms with van der Waals surface area (Å²) >= 11 is 0. The molecule has 8 heteroatoms. The van der Waals surface area contributed by atoms with Gasteiger partial charge in [-0.2, -0.15) is 4.31 Å². The third-order valence-electron chi connectivity index (χ3n) is 4.22. The van der Waals surface area contributed by atoms with Crippen molar-refractivity contribution < 1.29 is 22.4 Å². The molecule has 1 fully saturated rings. The number of ether oxygens (including phenoxy) is 1. The fraction of sp³-hybridized carbons (Fsp3) is 0.389. The lowest BCUT2D eigenvalue weighted by molar-refractivity contribution is 0.0730. The van der Waals surface area contributed by atoms with E-state index in [1.165, 1.54) is 4.31 Å². The average molecular weight is 378 g/mol. The standard InChI is InChI=1S/C18H22N2O5S/c1-2-15-5-8-17(25-15)18(21)19-13-14-3-6-16(7-4-14)26(22,23)20-9-11-24-12-10-20/h3-8H,2,9-13H2,1H3,(H,19,21). The van der Waals surface area contributed by atoms with Crippen LogP contribution in [0.25, 0.3) is 0 Å². The van der Waals surface area contributed by atoms with E-state index in [-0.39, 0.29) is 16.6 Å². The van der Waals surface area contributed by atoms with Crippen LogP contribution < -0.4 is 5.32 Å². The SMILES string of the molecule is CCc1ccc(C(=O)NCc2ccc(S(=O)(=O)N3CCOCC3)cc2)o1. The van der Waals surface area contributed by atoms with Gasteiger partial charge in [-0.15, -0.1) is 0 Å². The van der Waals surface area contributed by atoms with E-state index in [2.05, 4.69) is 5.32 Å². The molecule has 1 aromatic heterocycles. The third kappa shape index (κ3) is 4.14. The highest BCUT2D eigenvalue weighted by Gasteiger charge is 2.26. The molecule has 0 bridgehead atoms. The van der Waals surface area contributed by atoms with Crippen LogP contribution in [0.4, 0.5) is 0 Å². The highest BCUT2D eigenvalue weighted by molar-refractivity contribution is 7.89. The summed E-state index contributed by atoms with van der Waals surface area (Å²) < 4.78 is 37.2. The Balaban J connectivity index is 1.61. The van der Waals surface area contributed by atoms with Crippen LogP contribution in [0.3, 0.4) is 0 Å². The summed E-state index contributed by atoms with van der Waals surface area (Å²) in [5.41, 5.74) is 0.807. The third-order valence-corrected chi connectivity index (χ3v) is 6.13. The zero-order valence-electron chi connectivity index (χ0n) is 14.6. The van der Waals surface area contributed by atoms with Crippen molar-refractivity contribution in [1.29, 1.82) is 0 Å². The Labute approximate surface area is 153 Å². The van der Waals surface area contributed by atoms with Gasteiger partial charge in [0.25, 0.3) is 5.91 Å². The van der Waals surface area contributed by atoms with Crippen LogP contribution in [0.15, 0.2) is 45.7 Å². The van der Waals surface area contributed by atoms with Gasteiger partial charge in [-0.3, -0.25) is 4.79 Å². The molecular weight excluding hydrogens is 356 g/mol. The fourth-order valence-electron chi connectivity index (χ4n) is 2.67. The Morgan fingerprint density at radius 1 is 1.12 bits per heavy atom. The lowest BCUT2D eigenvalue weighted by Crippen LogP contribution is -2.40. The molecule has 140 valence electrons. The van der Waals surface area contributed by atoms with Crippen LogP contribution in [0.2, 0.25) is 0 Å². The highest BCUT2D eigenvalue weighted by Crippen LogP contribution is 2.18.